The summed E-state index contributed by atoms with van der Waals surface area (Å²) >= 11 is 0. The first-order chi connectivity index (χ1) is 11.4. The molecule has 0 bridgehead atoms. The molecule has 0 spiro atoms. The minimum Gasteiger partial charge on any atom is -0.309 e. The van der Waals surface area contributed by atoms with E-state index in [9.17, 15) is 8.42 Å². The van der Waals surface area contributed by atoms with E-state index in [-0.39, 0.29) is 17.5 Å². The molecule has 0 saturated carbocycles. The molecule has 126 valence electrons. The predicted molar refractivity (Wildman–Crippen MR) is 93.1 cm³/mol. The molecule has 0 saturated heterocycles. The molecule has 2 aromatic heterocycles. The second kappa shape index (κ2) is 6.33. The summed E-state index contributed by atoms with van der Waals surface area (Å²) in [6.45, 7) is 6.02. The van der Waals surface area contributed by atoms with Gasteiger partial charge in [-0.2, -0.15) is 0 Å². The molecule has 1 aromatic carbocycles. The molecule has 3 rings (SSSR count). The van der Waals surface area contributed by atoms with Crippen LogP contribution in [0.4, 0.5) is 0 Å². The van der Waals surface area contributed by atoms with Gasteiger partial charge in [0, 0.05) is 12.2 Å². The summed E-state index contributed by atoms with van der Waals surface area (Å²) in [6.07, 6.45) is 1.71. The van der Waals surface area contributed by atoms with Gasteiger partial charge < -0.3 is 4.57 Å². The molecule has 0 atom stereocenters. The second-order valence-corrected chi connectivity index (χ2v) is 7.75. The Morgan fingerprint density at radius 2 is 2.00 bits per heavy atom. The molecule has 0 aliphatic heterocycles. The molecule has 0 aliphatic carbocycles. The maximum atomic E-state index is 12.5. The zero-order valence-electron chi connectivity index (χ0n) is 13.9. The minimum absolute atomic E-state index is 0.116. The number of aryl methyl sites for hydroxylation is 1. The van der Waals surface area contributed by atoms with Gasteiger partial charge in [-0.3, -0.25) is 0 Å². The summed E-state index contributed by atoms with van der Waals surface area (Å²) in [5.41, 5.74) is 2.42. The molecule has 2 heterocycles. The third-order valence-electron chi connectivity index (χ3n) is 3.76. The van der Waals surface area contributed by atoms with Crippen LogP contribution in [0.2, 0.25) is 0 Å². The van der Waals surface area contributed by atoms with Gasteiger partial charge in [0.25, 0.3) is 0 Å². The van der Waals surface area contributed by atoms with Crippen LogP contribution in [0.25, 0.3) is 11.2 Å². The molecule has 1 N–H and O–H groups in total. The average Bonchev–Trinajstić information content (AvgIpc) is 2.91. The van der Waals surface area contributed by atoms with Crippen molar-refractivity contribution < 1.29 is 8.42 Å². The number of hydrogen-bond acceptors (Lipinski definition) is 4. The van der Waals surface area contributed by atoms with E-state index in [4.69, 9.17) is 0 Å². The Morgan fingerprint density at radius 1 is 1.21 bits per heavy atom. The highest BCUT2D eigenvalue weighted by molar-refractivity contribution is 7.89. The fourth-order valence-corrected chi connectivity index (χ4v) is 3.75. The van der Waals surface area contributed by atoms with E-state index in [1.165, 1.54) is 0 Å². The van der Waals surface area contributed by atoms with E-state index in [1.54, 1.807) is 24.4 Å². The number of fused-ring (bicyclic) bond motifs is 1. The van der Waals surface area contributed by atoms with E-state index in [0.29, 0.717) is 5.82 Å². The molecule has 24 heavy (non-hydrogen) atoms. The number of imidazole rings is 1. The fourth-order valence-electron chi connectivity index (χ4n) is 2.67. The van der Waals surface area contributed by atoms with Crippen LogP contribution in [0, 0.1) is 6.92 Å². The normalized spacial score (nSPS) is 12.2. The van der Waals surface area contributed by atoms with Crippen LogP contribution in [0.1, 0.15) is 31.3 Å². The summed E-state index contributed by atoms with van der Waals surface area (Å²) in [5.74, 6) is 0.648. The number of nitrogens with zero attached hydrogens (tertiary/aromatic N) is 3. The van der Waals surface area contributed by atoms with E-state index >= 15 is 0 Å². The Hall–Kier alpha value is -2.25. The minimum atomic E-state index is -3.58. The van der Waals surface area contributed by atoms with Crippen LogP contribution in [-0.4, -0.2) is 23.0 Å². The predicted octanol–water partition coefficient (Wildman–Crippen LogP) is 2.80. The molecular weight excluding hydrogens is 324 g/mol. The molecule has 0 fully saturated rings. The number of sulfonamides is 1. The van der Waals surface area contributed by atoms with Crippen molar-refractivity contribution in [1.82, 2.24) is 19.3 Å². The number of rotatable bonds is 5. The number of benzene rings is 1. The molecule has 0 aliphatic rings. The summed E-state index contributed by atoms with van der Waals surface area (Å²) in [7, 11) is -3.58. The van der Waals surface area contributed by atoms with Crippen molar-refractivity contribution in [2.75, 3.05) is 0 Å². The first-order valence-electron chi connectivity index (χ1n) is 7.76. The Balaban J connectivity index is 1.92. The van der Waals surface area contributed by atoms with Gasteiger partial charge in [-0.1, -0.05) is 12.1 Å². The number of hydrogen-bond donors (Lipinski definition) is 1. The van der Waals surface area contributed by atoms with Crippen molar-refractivity contribution in [1.29, 1.82) is 0 Å². The lowest BCUT2D eigenvalue weighted by molar-refractivity contribution is 0.556. The molecule has 3 aromatic rings. The van der Waals surface area contributed by atoms with Gasteiger partial charge in [0.05, 0.1) is 11.4 Å². The maximum absolute atomic E-state index is 12.5. The zero-order chi connectivity index (χ0) is 17.3. The van der Waals surface area contributed by atoms with Gasteiger partial charge in [-0.15, -0.1) is 0 Å². The monoisotopic (exact) mass is 344 g/mol. The third kappa shape index (κ3) is 3.18. The zero-order valence-corrected chi connectivity index (χ0v) is 14.7. The summed E-state index contributed by atoms with van der Waals surface area (Å²) in [4.78, 5) is 9.14. The largest absolute Gasteiger partial charge is 0.309 e. The van der Waals surface area contributed by atoms with Gasteiger partial charge in [-0.05, 0) is 50.6 Å². The second-order valence-electron chi connectivity index (χ2n) is 5.98. The van der Waals surface area contributed by atoms with Crippen LogP contribution in [0.15, 0.2) is 47.5 Å². The van der Waals surface area contributed by atoms with Gasteiger partial charge in [0.1, 0.15) is 11.3 Å². The molecule has 6 nitrogen and oxygen atoms in total. The Bertz CT molecular complexity index is 977. The topological polar surface area (TPSA) is 76.9 Å². The SMILES string of the molecule is Cc1cccc(S(=O)(=O)NCc2nc3cccnc3n2C(C)C)c1. The summed E-state index contributed by atoms with van der Waals surface area (Å²) in [6, 6.07) is 10.7. The van der Waals surface area contributed by atoms with Crippen LogP contribution in [-0.2, 0) is 16.6 Å². The molecule has 0 radical (unpaired) electrons. The first-order valence-corrected chi connectivity index (χ1v) is 9.25. The van der Waals surface area contributed by atoms with Crippen molar-refractivity contribution in [3.8, 4) is 0 Å². The lowest BCUT2D eigenvalue weighted by atomic mass is 10.2. The van der Waals surface area contributed by atoms with Crippen molar-refractivity contribution >= 4 is 21.2 Å². The lowest BCUT2D eigenvalue weighted by Gasteiger charge is -2.13. The fraction of sp³-hybridized carbons (Fsp3) is 0.294. The number of pyridine rings is 1. The molecule has 7 heteroatoms. The maximum Gasteiger partial charge on any atom is 0.240 e. The van der Waals surface area contributed by atoms with E-state index in [1.807, 2.05) is 43.5 Å². The molecular formula is C17H20N4O2S. The average molecular weight is 344 g/mol. The van der Waals surface area contributed by atoms with E-state index < -0.39 is 10.0 Å². The van der Waals surface area contributed by atoms with E-state index in [0.717, 1.165) is 16.7 Å². The van der Waals surface area contributed by atoms with Crippen LogP contribution < -0.4 is 4.72 Å². The standard InChI is InChI=1S/C17H20N4O2S/c1-12(2)21-16(20-15-8-5-9-18-17(15)21)11-19-24(22,23)14-7-4-6-13(3)10-14/h4-10,12,19H,11H2,1-3H3. The van der Waals surface area contributed by atoms with Crippen molar-refractivity contribution in [3.05, 3.63) is 54.0 Å². The highest BCUT2D eigenvalue weighted by Crippen LogP contribution is 2.19. The van der Waals surface area contributed by atoms with Crippen LogP contribution in [0.3, 0.4) is 0 Å². The summed E-state index contributed by atoms with van der Waals surface area (Å²) < 4.78 is 29.6. The Morgan fingerprint density at radius 3 is 2.71 bits per heavy atom. The van der Waals surface area contributed by atoms with E-state index in [2.05, 4.69) is 14.7 Å². The Kier molecular flexibility index (Phi) is 4.38. The summed E-state index contributed by atoms with van der Waals surface area (Å²) in [5, 5.41) is 0. The van der Waals surface area contributed by atoms with Gasteiger partial charge in [-0.25, -0.2) is 23.1 Å². The molecule has 0 unspecified atom stereocenters. The Labute approximate surface area is 141 Å². The van der Waals surface area contributed by atoms with Crippen molar-refractivity contribution in [3.63, 3.8) is 0 Å². The van der Waals surface area contributed by atoms with Crippen LogP contribution in [0.5, 0.6) is 0 Å². The number of nitrogens with one attached hydrogen (secondary N) is 1. The van der Waals surface area contributed by atoms with Crippen molar-refractivity contribution in [2.24, 2.45) is 0 Å². The van der Waals surface area contributed by atoms with Gasteiger partial charge >= 0.3 is 0 Å². The van der Waals surface area contributed by atoms with Gasteiger partial charge in [0.2, 0.25) is 10.0 Å². The van der Waals surface area contributed by atoms with Crippen molar-refractivity contribution in [2.45, 2.75) is 38.3 Å². The highest BCUT2D eigenvalue weighted by atomic mass is 32.2. The van der Waals surface area contributed by atoms with Crippen LogP contribution >= 0.6 is 0 Å². The smallest absolute Gasteiger partial charge is 0.240 e. The third-order valence-corrected chi connectivity index (χ3v) is 5.16. The van der Waals surface area contributed by atoms with Gasteiger partial charge in [0.15, 0.2) is 5.65 Å². The first kappa shape index (κ1) is 16.6. The highest BCUT2D eigenvalue weighted by Gasteiger charge is 2.18. The lowest BCUT2D eigenvalue weighted by Crippen LogP contribution is -2.25. The quantitative estimate of drug-likeness (QED) is 0.772. The number of aromatic nitrogens is 3. The molecule has 0 amide bonds.